The number of likely N-dealkylation sites (tertiary alicyclic amines) is 1. The lowest BCUT2D eigenvalue weighted by Crippen LogP contribution is -2.29. The second-order valence-electron chi connectivity index (χ2n) is 6.57. The maximum atomic E-state index is 12.5. The van der Waals surface area contributed by atoms with Crippen molar-refractivity contribution in [3.05, 3.63) is 57.0 Å². The lowest BCUT2D eigenvalue weighted by molar-refractivity contribution is -0.129. The number of rotatable bonds is 5. The maximum Gasteiger partial charge on any atom is 0.296 e. The molecule has 1 saturated heterocycles. The molecule has 1 amide bonds. The van der Waals surface area contributed by atoms with Crippen molar-refractivity contribution in [3.8, 4) is 5.75 Å². The minimum Gasteiger partial charge on any atom is -0.497 e. The average Bonchev–Trinajstić information content (AvgIpc) is 3.34. The van der Waals surface area contributed by atoms with Gasteiger partial charge in [-0.3, -0.25) is 9.59 Å². The summed E-state index contributed by atoms with van der Waals surface area (Å²) >= 11 is 1.33. The summed E-state index contributed by atoms with van der Waals surface area (Å²) in [5, 5.41) is 6.36. The van der Waals surface area contributed by atoms with Crippen molar-refractivity contribution in [3.63, 3.8) is 0 Å². The van der Waals surface area contributed by atoms with Gasteiger partial charge in [0.05, 0.1) is 19.2 Å². The van der Waals surface area contributed by atoms with Crippen molar-refractivity contribution in [2.45, 2.75) is 25.7 Å². The van der Waals surface area contributed by atoms with E-state index in [1.807, 2.05) is 34.5 Å². The Morgan fingerprint density at radius 1 is 1.22 bits per heavy atom. The highest BCUT2D eigenvalue weighted by molar-refractivity contribution is 7.15. The number of fused-ring (bicyclic) bond motifs is 1. The summed E-state index contributed by atoms with van der Waals surface area (Å²) < 4.78 is 6.79. The number of amides is 1. The van der Waals surface area contributed by atoms with Crippen LogP contribution in [-0.2, 0) is 17.6 Å². The minimum absolute atomic E-state index is 0.101. The fraction of sp³-hybridized carbons (Fsp3) is 0.368. The van der Waals surface area contributed by atoms with E-state index in [0.717, 1.165) is 42.9 Å². The van der Waals surface area contributed by atoms with Crippen LogP contribution in [0.4, 0.5) is 0 Å². The molecule has 0 unspecified atom stereocenters. The number of benzene rings is 1. The first-order chi connectivity index (χ1) is 13.1. The van der Waals surface area contributed by atoms with Crippen molar-refractivity contribution in [2.75, 3.05) is 20.2 Å². The Hall–Kier alpha value is -2.74. The van der Waals surface area contributed by atoms with E-state index < -0.39 is 0 Å². The van der Waals surface area contributed by atoms with Crippen molar-refractivity contribution >= 4 is 22.2 Å². The Morgan fingerprint density at radius 3 is 2.67 bits per heavy atom. The predicted molar refractivity (Wildman–Crippen MR) is 102 cm³/mol. The van der Waals surface area contributed by atoms with Gasteiger partial charge in [-0.1, -0.05) is 12.1 Å². The fourth-order valence-corrected chi connectivity index (χ4v) is 4.05. The number of carbonyl (C=O) groups is 1. The quantitative estimate of drug-likeness (QED) is 0.672. The van der Waals surface area contributed by atoms with Crippen LogP contribution in [0.3, 0.4) is 0 Å². The van der Waals surface area contributed by atoms with E-state index in [0.29, 0.717) is 17.1 Å². The summed E-state index contributed by atoms with van der Waals surface area (Å²) in [6.45, 7) is 1.65. The number of nitrogens with zero attached hydrogens (tertiary/aromatic N) is 4. The molecule has 0 N–H and O–H groups in total. The first-order valence-corrected chi connectivity index (χ1v) is 9.79. The minimum atomic E-state index is -0.329. The third-order valence-electron chi connectivity index (χ3n) is 4.74. The largest absolute Gasteiger partial charge is 0.497 e. The highest BCUT2D eigenvalue weighted by Gasteiger charge is 2.20. The van der Waals surface area contributed by atoms with E-state index >= 15 is 0 Å². The number of ether oxygens (including phenoxy) is 1. The van der Waals surface area contributed by atoms with Crippen LogP contribution in [0.15, 0.2) is 34.4 Å². The first kappa shape index (κ1) is 17.7. The van der Waals surface area contributed by atoms with Gasteiger partial charge in [-0.15, -0.1) is 11.3 Å². The number of thiazole rings is 1. The Kier molecular flexibility index (Phi) is 4.89. The zero-order chi connectivity index (χ0) is 18.8. The Balaban J connectivity index is 1.60. The maximum absolute atomic E-state index is 12.5. The number of carbonyl (C=O) groups excluding carboxylic acids is 1. The molecule has 0 saturated carbocycles. The Labute approximate surface area is 160 Å². The number of aromatic nitrogens is 3. The lowest BCUT2D eigenvalue weighted by Gasteiger charge is -2.14. The molecular weight excluding hydrogens is 364 g/mol. The molecule has 0 bridgehead atoms. The van der Waals surface area contributed by atoms with E-state index in [2.05, 4.69) is 10.1 Å². The SMILES string of the molecule is COc1ccc(Cc2nn3c(CC(=O)N4CCCC4)csc3nc2=O)cc1. The van der Waals surface area contributed by atoms with E-state index in [1.165, 1.54) is 11.3 Å². The monoisotopic (exact) mass is 384 g/mol. The standard InChI is InChI=1S/C19H20N4O3S/c1-26-15-6-4-13(5-7-15)10-16-18(25)20-19-23(21-16)14(12-27-19)11-17(24)22-8-2-3-9-22/h4-7,12H,2-3,8-11H2,1H3. The third kappa shape index (κ3) is 3.71. The molecule has 3 heterocycles. The van der Waals surface area contributed by atoms with Crippen LogP contribution in [-0.4, -0.2) is 45.6 Å². The van der Waals surface area contributed by atoms with Crippen molar-refractivity contribution in [1.82, 2.24) is 19.5 Å². The molecule has 1 fully saturated rings. The molecule has 8 heteroatoms. The van der Waals surface area contributed by atoms with Gasteiger partial charge in [0.1, 0.15) is 11.4 Å². The van der Waals surface area contributed by atoms with Gasteiger partial charge in [0, 0.05) is 24.9 Å². The summed E-state index contributed by atoms with van der Waals surface area (Å²) in [6, 6.07) is 7.51. The molecule has 0 atom stereocenters. The highest BCUT2D eigenvalue weighted by Crippen LogP contribution is 2.17. The average molecular weight is 384 g/mol. The molecule has 0 radical (unpaired) electrons. The van der Waals surface area contributed by atoms with Gasteiger partial charge in [-0.2, -0.15) is 10.1 Å². The molecular formula is C19H20N4O3S. The summed E-state index contributed by atoms with van der Waals surface area (Å²) in [7, 11) is 1.61. The molecule has 1 aliphatic heterocycles. The normalized spacial score (nSPS) is 14.0. The molecule has 7 nitrogen and oxygen atoms in total. The van der Waals surface area contributed by atoms with Gasteiger partial charge in [-0.25, -0.2) is 4.52 Å². The number of methoxy groups -OCH3 is 1. The van der Waals surface area contributed by atoms with Crippen molar-refractivity contribution in [1.29, 1.82) is 0 Å². The fourth-order valence-electron chi connectivity index (χ4n) is 3.24. The molecule has 4 rings (SSSR count). The van der Waals surface area contributed by atoms with E-state index in [-0.39, 0.29) is 17.9 Å². The van der Waals surface area contributed by atoms with Crippen molar-refractivity contribution in [2.24, 2.45) is 0 Å². The number of hydrogen-bond acceptors (Lipinski definition) is 6. The number of hydrogen-bond donors (Lipinski definition) is 0. The van der Waals surface area contributed by atoms with Crippen LogP contribution in [0.25, 0.3) is 4.96 Å². The Morgan fingerprint density at radius 2 is 1.96 bits per heavy atom. The topological polar surface area (TPSA) is 76.8 Å². The van der Waals surface area contributed by atoms with Crippen molar-refractivity contribution < 1.29 is 9.53 Å². The van der Waals surface area contributed by atoms with Gasteiger partial charge in [0.25, 0.3) is 5.56 Å². The Bertz CT molecular complexity index is 1020. The smallest absolute Gasteiger partial charge is 0.296 e. The van der Waals surface area contributed by atoms with Crippen LogP contribution in [0.2, 0.25) is 0 Å². The van der Waals surface area contributed by atoms with Gasteiger partial charge < -0.3 is 9.64 Å². The predicted octanol–water partition coefficient (Wildman–Crippen LogP) is 1.92. The van der Waals surface area contributed by atoms with E-state index in [1.54, 1.807) is 11.6 Å². The van der Waals surface area contributed by atoms with Crippen LogP contribution in [0, 0.1) is 0 Å². The zero-order valence-corrected chi connectivity index (χ0v) is 15.9. The summed E-state index contributed by atoms with van der Waals surface area (Å²) in [6.07, 6.45) is 2.79. The lowest BCUT2D eigenvalue weighted by atomic mass is 10.1. The second-order valence-corrected chi connectivity index (χ2v) is 7.41. The van der Waals surface area contributed by atoms with Crippen LogP contribution in [0.5, 0.6) is 5.75 Å². The molecule has 1 aromatic carbocycles. The highest BCUT2D eigenvalue weighted by atomic mass is 32.1. The molecule has 140 valence electrons. The third-order valence-corrected chi connectivity index (χ3v) is 5.61. The van der Waals surface area contributed by atoms with Gasteiger partial charge in [0.2, 0.25) is 10.9 Å². The van der Waals surface area contributed by atoms with E-state index in [9.17, 15) is 9.59 Å². The molecule has 27 heavy (non-hydrogen) atoms. The second kappa shape index (κ2) is 7.48. The summed E-state index contributed by atoms with van der Waals surface area (Å²) in [5.74, 6) is 0.863. The van der Waals surface area contributed by atoms with Gasteiger partial charge in [0.15, 0.2) is 0 Å². The van der Waals surface area contributed by atoms with Crippen LogP contribution < -0.4 is 10.3 Å². The summed E-state index contributed by atoms with van der Waals surface area (Å²) in [5.41, 5.74) is 1.76. The van der Waals surface area contributed by atoms with E-state index in [4.69, 9.17) is 4.74 Å². The van der Waals surface area contributed by atoms with Gasteiger partial charge in [-0.05, 0) is 30.5 Å². The molecule has 3 aromatic rings. The van der Waals surface area contributed by atoms with Crippen LogP contribution >= 0.6 is 11.3 Å². The van der Waals surface area contributed by atoms with Crippen LogP contribution in [0.1, 0.15) is 29.8 Å². The molecule has 1 aliphatic rings. The molecule has 0 spiro atoms. The first-order valence-electron chi connectivity index (χ1n) is 8.91. The van der Waals surface area contributed by atoms with Gasteiger partial charge >= 0.3 is 0 Å². The molecule has 0 aliphatic carbocycles. The molecule has 2 aromatic heterocycles. The zero-order valence-electron chi connectivity index (χ0n) is 15.1. The summed E-state index contributed by atoms with van der Waals surface area (Å²) in [4.78, 5) is 31.3.